The molecule has 3 aliphatic rings. The predicted octanol–water partition coefficient (Wildman–Crippen LogP) is 1.89. The Morgan fingerprint density at radius 3 is 2.67 bits per heavy atom. The van der Waals surface area contributed by atoms with E-state index in [0.717, 1.165) is 19.3 Å². The summed E-state index contributed by atoms with van der Waals surface area (Å²) in [7, 11) is 1.76. The molecule has 0 aliphatic carbocycles. The number of carbonyl (C=O) groups is 1. The molecule has 3 atom stereocenters. The molecule has 0 saturated carbocycles. The lowest BCUT2D eigenvalue weighted by Gasteiger charge is -2.55. The molecule has 0 spiro atoms. The molecule has 3 heterocycles. The van der Waals surface area contributed by atoms with Gasteiger partial charge in [0.2, 0.25) is 0 Å². The fraction of sp³-hybridized carbons (Fsp3) is 0.389. The van der Waals surface area contributed by atoms with Crippen LogP contribution in [0.3, 0.4) is 0 Å². The number of rotatable bonds is 1. The average molecular weight is 327 g/mol. The molecular formula is C18H21N3O3. The minimum Gasteiger partial charge on any atom is -0.507 e. The Hall–Kier alpha value is -2.31. The standard InChI is InChI=1S/C18H21N3O3/c1-19-15-9-5-8-13(12-6-3-2-4-7-12)21(15)20-11-10-14(22)17(23)16(20)18(19)24/h2-4,6-7,10-11,13-15,22-23H,5,8-9H2,1H3/t13-,14?,15-/m0/s1. The quantitative estimate of drug-likeness (QED) is 0.824. The van der Waals surface area contributed by atoms with Gasteiger partial charge in [0.15, 0.2) is 11.5 Å². The molecule has 2 saturated heterocycles. The largest absolute Gasteiger partial charge is 0.507 e. The van der Waals surface area contributed by atoms with E-state index >= 15 is 0 Å². The topological polar surface area (TPSA) is 67.2 Å². The van der Waals surface area contributed by atoms with Gasteiger partial charge in [-0.3, -0.25) is 9.80 Å². The van der Waals surface area contributed by atoms with Crippen LogP contribution in [0.5, 0.6) is 0 Å². The molecule has 24 heavy (non-hydrogen) atoms. The van der Waals surface area contributed by atoms with E-state index in [0.29, 0.717) is 0 Å². The van der Waals surface area contributed by atoms with Crippen molar-refractivity contribution in [3.63, 3.8) is 0 Å². The summed E-state index contributed by atoms with van der Waals surface area (Å²) in [5.74, 6) is -0.545. The Morgan fingerprint density at radius 1 is 1.17 bits per heavy atom. The lowest BCUT2D eigenvalue weighted by Crippen LogP contribution is -2.64. The molecule has 2 N–H and O–H groups in total. The predicted molar refractivity (Wildman–Crippen MR) is 88.1 cm³/mol. The fourth-order valence-electron chi connectivity index (χ4n) is 3.91. The van der Waals surface area contributed by atoms with E-state index in [9.17, 15) is 15.0 Å². The average Bonchev–Trinajstić information content (AvgIpc) is 2.62. The highest BCUT2D eigenvalue weighted by Gasteiger charge is 2.47. The molecule has 4 rings (SSSR count). The third kappa shape index (κ3) is 2.14. The first-order valence-electron chi connectivity index (χ1n) is 8.28. The molecule has 1 aromatic rings. The van der Waals surface area contributed by atoms with Crippen molar-refractivity contribution in [2.75, 3.05) is 7.05 Å². The number of carbonyl (C=O) groups excluding carboxylic acids is 1. The van der Waals surface area contributed by atoms with E-state index in [4.69, 9.17) is 0 Å². The number of piperidine rings is 1. The van der Waals surface area contributed by atoms with Gasteiger partial charge in [0.1, 0.15) is 12.3 Å². The van der Waals surface area contributed by atoms with Crippen molar-refractivity contribution >= 4 is 5.91 Å². The van der Waals surface area contributed by atoms with Crippen molar-refractivity contribution in [1.29, 1.82) is 0 Å². The van der Waals surface area contributed by atoms with E-state index in [1.54, 1.807) is 23.2 Å². The number of aliphatic hydroxyl groups excluding tert-OH is 2. The van der Waals surface area contributed by atoms with E-state index in [1.165, 1.54) is 11.6 Å². The third-order valence-corrected chi connectivity index (χ3v) is 5.13. The Bertz CT molecular complexity index is 715. The first kappa shape index (κ1) is 15.2. The van der Waals surface area contributed by atoms with Gasteiger partial charge >= 0.3 is 0 Å². The van der Waals surface area contributed by atoms with Gasteiger partial charge in [0.25, 0.3) is 5.91 Å². The van der Waals surface area contributed by atoms with Crippen molar-refractivity contribution in [3.05, 3.63) is 59.6 Å². The maximum absolute atomic E-state index is 12.7. The molecule has 6 heteroatoms. The van der Waals surface area contributed by atoms with Crippen LogP contribution in [0.15, 0.2) is 54.1 Å². The molecule has 0 radical (unpaired) electrons. The number of hydrazine groups is 1. The SMILES string of the molecule is CN1C(=O)C2=C(O)C(O)C=CN2N2[C@H](c3ccccc3)CCC[C@@H]12. The molecule has 2 fully saturated rings. The first-order chi connectivity index (χ1) is 11.6. The van der Waals surface area contributed by atoms with Crippen LogP contribution in [-0.2, 0) is 4.79 Å². The molecule has 0 aromatic heterocycles. The molecule has 0 bridgehead atoms. The van der Waals surface area contributed by atoms with Crippen LogP contribution in [0.1, 0.15) is 30.9 Å². The van der Waals surface area contributed by atoms with Crippen LogP contribution < -0.4 is 0 Å². The zero-order chi connectivity index (χ0) is 16.8. The number of fused-ring (bicyclic) bond motifs is 3. The smallest absolute Gasteiger partial charge is 0.276 e. The van der Waals surface area contributed by atoms with Gasteiger partial charge in [0.05, 0.1) is 6.04 Å². The summed E-state index contributed by atoms with van der Waals surface area (Å²) in [6.07, 6.45) is 4.89. The zero-order valence-corrected chi connectivity index (χ0v) is 13.5. The lowest BCUT2D eigenvalue weighted by atomic mass is 9.93. The maximum atomic E-state index is 12.7. The number of likely N-dealkylation sites (N-methyl/N-ethyl adjacent to an activating group) is 1. The van der Waals surface area contributed by atoms with Gasteiger partial charge in [-0.2, -0.15) is 5.01 Å². The third-order valence-electron chi connectivity index (χ3n) is 5.13. The van der Waals surface area contributed by atoms with Crippen molar-refractivity contribution in [3.8, 4) is 0 Å². The number of hydrogen-bond acceptors (Lipinski definition) is 5. The summed E-state index contributed by atoms with van der Waals surface area (Å²) in [6.45, 7) is 0. The number of benzene rings is 1. The van der Waals surface area contributed by atoms with E-state index in [1.807, 2.05) is 18.2 Å². The van der Waals surface area contributed by atoms with Crippen molar-refractivity contribution < 1.29 is 15.0 Å². The Balaban J connectivity index is 1.81. The molecule has 1 amide bonds. The number of amides is 1. The highest BCUT2D eigenvalue weighted by molar-refractivity contribution is 5.94. The zero-order valence-electron chi connectivity index (χ0n) is 13.5. The van der Waals surface area contributed by atoms with E-state index < -0.39 is 6.10 Å². The molecule has 1 unspecified atom stereocenters. The summed E-state index contributed by atoms with van der Waals surface area (Å²) in [5.41, 5.74) is 1.33. The highest BCUT2D eigenvalue weighted by atomic mass is 16.3. The maximum Gasteiger partial charge on any atom is 0.276 e. The van der Waals surface area contributed by atoms with Crippen molar-refractivity contribution in [2.45, 2.75) is 37.6 Å². The van der Waals surface area contributed by atoms with Gasteiger partial charge in [-0.15, -0.1) is 0 Å². The molecule has 6 nitrogen and oxygen atoms in total. The molecular weight excluding hydrogens is 306 g/mol. The van der Waals surface area contributed by atoms with Crippen LogP contribution in [0.25, 0.3) is 0 Å². The van der Waals surface area contributed by atoms with Gasteiger partial charge in [-0.25, -0.2) is 0 Å². The number of hydrogen-bond donors (Lipinski definition) is 2. The summed E-state index contributed by atoms with van der Waals surface area (Å²) in [5, 5.41) is 24.0. The van der Waals surface area contributed by atoms with Gasteiger partial charge < -0.3 is 15.1 Å². The lowest BCUT2D eigenvalue weighted by molar-refractivity contribution is -0.174. The van der Waals surface area contributed by atoms with Crippen LogP contribution in [-0.4, -0.2) is 50.4 Å². The van der Waals surface area contributed by atoms with E-state index in [-0.39, 0.29) is 29.6 Å². The van der Waals surface area contributed by atoms with Crippen LogP contribution in [0.2, 0.25) is 0 Å². The Kier molecular flexibility index (Phi) is 3.58. The summed E-state index contributed by atoms with van der Waals surface area (Å²) < 4.78 is 0. The van der Waals surface area contributed by atoms with Crippen LogP contribution in [0, 0.1) is 0 Å². The molecule has 126 valence electrons. The number of nitrogens with zero attached hydrogens (tertiary/aromatic N) is 3. The van der Waals surface area contributed by atoms with Gasteiger partial charge in [-0.1, -0.05) is 30.3 Å². The summed E-state index contributed by atoms with van der Waals surface area (Å²) in [4.78, 5) is 14.4. The molecule has 1 aromatic carbocycles. The normalized spacial score (nSPS) is 30.4. The highest BCUT2D eigenvalue weighted by Crippen LogP contribution is 2.42. The summed E-state index contributed by atoms with van der Waals surface area (Å²) in [6, 6.07) is 10.3. The number of aliphatic hydroxyl groups is 2. The van der Waals surface area contributed by atoms with Crippen molar-refractivity contribution in [2.24, 2.45) is 0 Å². The van der Waals surface area contributed by atoms with Crippen LogP contribution >= 0.6 is 0 Å². The fourth-order valence-corrected chi connectivity index (χ4v) is 3.91. The minimum absolute atomic E-state index is 0.0621. The second kappa shape index (κ2) is 5.65. The van der Waals surface area contributed by atoms with Gasteiger partial charge in [0, 0.05) is 13.2 Å². The van der Waals surface area contributed by atoms with Gasteiger partial charge in [-0.05, 0) is 30.9 Å². The first-order valence-corrected chi connectivity index (χ1v) is 8.28. The van der Waals surface area contributed by atoms with E-state index in [2.05, 4.69) is 17.1 Å². The Labute approximate surface area is 140 Å². The van der Waals surface area contributed by atoms with Crippen LogP contribution in [0.4, 0.5) is 0 Å². The monoisotopic (exact) mass is 327 g/mol. The minimum atomic E-state index is -1.13. The summed E-state index contributed by atoms with van der Waals surface area (Å²) >= 11 is 0. The Morgan fingerprint density at radius 2 is 1.92 bits per heavy atom. The van der Waals surface area contributed by atoms with Crippen molar-refractivity contribution in [1.82, 2.24) is 14.9 Å². The molecule has 3 aliphatic heterocycles. The second-order valence-corrected chi connectivity index (χ2v) is 6.50. The second-order valence-electron chi connectivity index (χ2n) is 6.50.